The number of piperazine rings is 1. The van der Waals surface area contributed by atoms with E-state index in [2.05, 4.69) is 25.2 Å². The number of aromatic nitrogens is 3. The van der Waals surface area contributed by atoms with E-state index in [-0.39, 0.29) is 29.2 Å². The van der Waals surface area contributed by atoms with E-state index >= 15 is 0 Å². The van der Waals surface area contributed by atoms with Crippen LogP contribution in [-0.4, -0.2) is 61.4 Å². The Morgan fingerprint density at radius 2 is 1.61 bits per heavy atom. The summed E-state index contributed by atoms with van der Waals surface area (Å²) in [5.41, 5.74) is 1.12. The van der Waals surface area contributed by atoms with Gasteiger partial charge in [-0.3, -0.25) is 4.90 Å². The van der Waals surface area contributed by atoms with Gasteiger partial charge >= 0.3 is 11.6 Å². The van der Waals surface area contributed by atoms with Gasteiger partial charge in [0, 0.05) is 44.0 Å². The minimum absolute atomic E-state index is 0.0103. The molecule has 4 N–H and O–H groups in total. The largest absolute Gasteiger partial charge is 0.504 e. The molecule has 0 unspecified atom stereocenters. The molecule has 0 saturated carbocycles. The molecule has 0 bridgehead atoms. The third kappa shape index (κ3) is 5.68. The van der Waals surface area contributed by atoms with Crippen molar-refractivity contribution in [2.45, 2.75) is 6.54 Å². The van der Waals surface area contributed by atoms with Gasteiger partial charge in [0.1, 0.15) is 11.3 Å². The zero-order chi connectivity index (χ0) is 28.3. The average Bonchev–Trinajstić information content (AvgIpc) is 2.98. The molecule has 1 aliphatic rings. The molecule has 12 nitrogen and oxygen atoms in total. The lowest BCUT2D eigenvalue weighted by atomic mass is 10.1. The molecule has 0 amide bonds. The van der Waals surface area contributed by atoms with E-state index in [1.54, 1.807) is 24.3 Å². The normalized spacial score (nSPS) is 13.8. The highest BCUT2D eigenvalue weighted by Crippen LogP contribution is 2.37. The maximum atomic E-state index is 12.2. The van der Waals surface area contributed by atoms with Crippen LogP contribution in [0.25, 0.3) is 11.0 Å². The number of phenols is 3. The molecule has 3 heterocycles. The minimum Gasteiger partial charge on any atom is -0.504 e. The van der Waals surface area contributed by atoms with Crippen LogP contribution in [-0.2, 0) is 6.54 Å². The van der Waals surface area contributed by atoms with Gasteiger partial charge in [-0.25, -0.2) is 4.79 Å². The van der Waals surface area contributed by atoms with Crippen molar-refractivity contribution in [3.05, 3.63) is 88.8 Å². The predicted octanol–water partition coefficient (Wildman–Crippen LogP) is 3.95. The Hall–Kier alpha value is -5.36. The van der Waals surface area contributed by atoms with Gasteiger partial charge in [-0.15, -0.1) is 0 Å². The second-order valence-corrected chi connectivity index (χ2v) is 9.46. The number of aromatic hydroxyl groups is 3. The fraction of sp³-hybridized carbons (Fsp3) is 0.172. The third-order valence-corrected chi connectivity index (χ3v) is 6.71. The van der Waals surface area contributed by atoms with Gasteiger partial charge in [-0.1, -0.05) is 36.4 Å². The maximum Gasteiger partial charge on any atom is 0.339 e. The number of phenolic OH excluding ortho intramolecular Hbond substituents is 3. The van der Waals surface area contributed by atoms with Crippen molar-refractivity contribution in [2.24, 2.45) is 0 Å². The van der Waals surface area contributed by atoms with Crippen LogP contribution in [0.2, 0.25) is 0 Å². The zero-order valence-electron chi connectivity index (χ0n) is 21.8. The van der Waals surface area contributed by atoms with Gasteiger partial charge in [0.25, 0.3) is 0 Å². The number of nitrogens with zero attached hydrogens (tertiary/aromatic N) is 5. The Bertz CT molecular complexity index is 1760. The molecule has 5 aromatic rings. The molecule has 0 spiro atoms. The zero-order valence-corrected chi connectivity index (χ0v) is 21.8. The number of nitrogens with one attached hydrogen (secondary N) is 1. The molecule has 0 radical (unpaired) electrons. The summed E-state index contributed by atoms with van der Waals surface area (Å²) in [6, 6.07) is 20.7. The molecule has 0 aliphatic carbocycles. The smallest absolute Gasteiger partial charge is 0.339 e. The van der Waals surface area contributed by atoms with Gasteiger partial charge in [-0.05, 0) is 30.3 Å². The molecular weight excluding hydrogens is 528 g/mol. The number of hydrogen-bond donors (Lipinski definition) is 4. The number of hydrogen-bond acceptors (Lipinski definition) is 12. The second kappa shape index (κ2) is 11.0. The van der Waals surface area contributed by atoms with Crippen molar-refractivity contribution in [1.82, 2.24) is 19.9 Å². The summed E-state index contributed by atoms with van der Waals surface area (Å²) in [4.78, 5) is 29.9. The first-order valence-corrected chi connectivity index (χ1v) is 12.9. The van der Waals surface area contributed by atoms with Crippen molar-refractivity contribution < 1.29 is 24.5 Å². The quantitative estimate of drug-likeness (QED) is 0.170. The summed E-state index contributed by atoms with van der Waals surface area (Å²) < 4.78 is 11.3. The molecule has 208 valence electrons. The second-order valence-electron chi connectivity index (χ2n) is 9.46. The highest BCUT2D eigenvalue weighted by atomic mass is 16.5. The molecule has 12 heteroatoms. The summed E-state index contributed by atoms with van der Waals surface area (Å²) in [6.45, 7) is 2.76. The van der Waals surface area contributed by atoms with E-state index in [1.807, 2.05) is 41.3 Å². The van der Waals surface area contributed by atoms with Gasteiger partial charge in [-0.2, -0.15) is 15.0 Å². The van der Waals surface area contributed by atoms with Crippen LogP contribution in [0.4, 0.5) is 17.6 Å². The number of para-hydroxylation sites is 2. The van der Waals surface area contributed by atoms with E-state index in [0.29, 0.717) is 55.2 Å². The summed E-state index contributed by atoms with van der Waals surface area (Å²) in [7, 11) is 0. The number of ether oxygens (including phenoxy) is 1. The Morgan fingerprint density at radius 1 is 0.854 bits per heavy atom. The lowest BCUT2D eigenvalue weighted by Gasteiger charge is -2.34. The first-order chi connectivity index (χ1) is 19.9. The first kappa shape index (κ1) is 25.9. The molecule has 1 fully saturated rings. The van der Waals surface area contributed by atoms with Crippen molar-refractivity contribution in [3.8, 4) is 29.0 Å². The molecule has 1 saturated heterocycles. The van der Waals surface area contributed by atoms with Gasteiger partial charge in [0.05, 0.1) is 11.5 Å². The number of rotatable bonds is 7. The number of benzene rings is 3. The summed E-state index contributed by atoms with van der Waals surface area (Å²) in [6.07, 6.45) is 0. The number of anilines is 3. The topological polar surface area (TPSA) is 157 Å². The maximum absolute atomic E-state index is 12.2. The van der Waals surface area contributed by atoms with Crippen LogP contribution in [0.3, 0.4) is 0 Å². The van der Waals surface area contributed by atoms with Crippen LogP contribution in [0, 0.1) is 0 Å². The predicted molar refractivity (Wildman–Crippen MR) is 151 cm³/mol. The van der Waals surface area contributed by atoms with Crippen LogP contribution in [0.1, 0.15) is 5.56 Å². The first-order valence-electron chi connectivity index (χ1n) is 12.9. The third-order valence-electron chi connectivity index (χ3n) is 6.71. The summed E-state index contributed by atoms with van der Waals surface area (Å²) in [5.74, 6) is -0.289. The van der Waals surface area contributed by atoms with Crippen molar-refractivity contribution in [2.75, 3.05) is 36.4 Å². The van der Waals surface area contributed by atoms with Gasteiger partial charge < -0.3 is 34.7 Å². The van der Waals surface area contributed by atoms with Gasteiger partial charge in [0.15, 0.2) is 11.5 Å². The molecule has 3 aromatic carbocycles. The Kier molecular flexibility index (Phi) is 6.96. The molecule has 2 aromatic heterocycles. The minimum atomic E-state index is -0.556. The molecule has 6 rings (SSSR count). The lowest BCUT2D eigenvalue weighted by Crippen LogP contribution is -2.46. The van der Waals surface area contributed by atoms with E-state index in [0.717, 1.165) is 5.69 Å². The molecule has 0 atom stereocenters. The van der Waals surface area contributed by atoms with Crippen LogP contribution in [0.5, 0.6) is 29.0 Å². The Labute approximate surface area is 233 Å². The molecule has 1 aliphatic heterocycles. The van der Waals surface area contributed by atoms with E-state index < -0.39 is 11.4 Å². The monoisotopic (exact) mass is 554 g/mol. The van der Waals surface area contributed by atoms with E-state index in [1.165, 1.54) is 12.1 Å². The molecular formula is C29H26N6O6. The molecule has 41 heavy (non-hydrogen) atoms. The van der Waals surface area contributed by atoms with Crippen LogP contribution < -0.4 is 20.6 Å². The highest BCUT2D eigenvalue weighted by Gasteiger charge is 2.23. The SMILES string of the molecule is O=c1cc(Oc2nc(Nc3ccccc3)nc(N3CCN(Cc4ccc(O)c(O)c4O)CC3)n2)c2ccccc2o1. The average molecular weight is 555 g/mol. The van der Waals surface area contributed by atoms with Crippen molar-refractivity contribution in [1.29, 1.82) is 0 Å². The Morgan fingerprint density at radius 3 is 2.41 bits per heavy atom. The lowest BCUT2D eigenvalue weighted by molar-refractivity contribution is 0.244. The van der Waals surface area contributed by atoms with Crippen molar-refractivity contribution in [3.63, 3.8) is 0 Å². The van der Waals surface area contributed by atoms with E-state index in [4.69, 9.17) is 9.15 Å². The van der Waals surface area contributed by atoms with Gasteiger partial charge in [0.2, 0.25) is 17.6 Å². The summed E-state index contributed by atoms with van der Waals surface area (Å²) >= 11 is 0. The van der Waals surface area contributed by atoms with Crippen LogP contribution in [0.15, 0.2) is 82.0 Å². The van der Waals surface area contributed by atoms with E-state index in [9.17, 15) is 20.1 Å². The standard InChI is InChI=1S/C29H26N6O6/c36-21-11-10-18(25(38)26(21)39)17-34-12-14-35(15-13-34)28-31-27(30-19-6-2-1-3-7-19)32-29(33-28)41-23-16-24(37)40-22-9-5-4-8-20(22)23/h1-11,16,36,38-39H,12-15,17H2,(H,30,31,32,33). The fourth-order valence-electron chi connectivity index (χ4n) is 4.59. The highest BCUT2D eigenvalue weighted by molar-refractivity contribution is 5.83. The fourth-order valence-corrected chi connectivity index (χ4v) is 4.59. The Balaban J connectivity index is 1.26. The van der Waals surface area contributed by atoms with Crippen molar-refractivity contribution >= 4 is 28.6 Å². The number of fused-ring (bicyclic) bond motifs is 1. The summed E-state index contributed by atoms with van der Waals surface area (Å²) in [5, 5.41) is 33.4. The van der Waals surface area contributed by atoms with Crippen LogP contribution >= 0.6 is 0 Å².